The predicted molar refractivity (Wildman–Crippen MR) is 153 cm³/mol. The summed E-state index contributed by atoms with van der Waals surface area (Å²) in [7, 11) is 1.49. The Labute approximate surface area is 231 Å². The molecule has 0 aliphatic heterocycles. The number of nitrogens with one attached hydrogen (secondary N) is 4. The second-order valence-electron chi connectivity index (χ2n) is 9.42. The lowest BCUT2D eigenvalue weighted by atomic mass is 9.99. The SMILES string of the molecule is COc1ccc(/C=C/C(=O)NCCCNCCCCNCCCNC(=O)CCC2=CC[C@@H](O)C(O)=C2)cc1O. The summed E-state index contributed by atoms with van der Waals surface area (Å²) in [5, 5.41) is 41.3. The number of allylic oxidation sites excluding steroid dienone is 2. The van der Waals surface area contributed by atoms with Gasteiger partial charge < -0.3 is 41.3 Å². The van der Waals surface area contributed by atoms with Gasteiger partial charge in [0.05, 0.1) is 7.11 Å². The third-order valence-corrected chi connectivity index (χ3v) is 6.19. The number of rotatable bonds is 19. The van der Waals surface area contributed by atoms with Crippen LogP contribution in [0.1, 0.15) is 50.5 Å². The van der Waals surface area contributed by atoms with E-state index in [0.29, 0.717) is 43.7 Å². The third-order valence-electron chi connectivity index (χ3n) is 6.19. The van der Waals surface area contributed by atoms with Gasteiger partial charge in [-0.1, -0.05) is 12.1 Å². The van der Waals surface area contributed by atoms with Crippen molar-refractivity contribution in [2.45, 2.75) is 51.0 Å². The van der Waals surface area contributed by atoms with E-state index < -0.39 is 6.10 Å². The molecule has 0 spiro atoms. The van der Waals surface area contributed by atoms with E-state index >= 15 is 0 Å². The number of carbonyl (C=O) groups excluding carboxylic acids is 2. The van der Waals surface area contributed by atoms with Gasteiger partial charge in [-0.25, -0.2) is 0 Å². The van der Waals surface area contributed by atoms with Crippen molar-refractivity contribution in [2.75, 3.05) is 46.4 Å². The Kier molecular flexibility index (Phi) is 15.4. The topological polar surface area (TPSA) is 152 Å². The van der Waals surface area contributed by atoms with Gasteiger partial charge >= 0.3 is 0 Å². The summed E-state index contributed by atoms with van der Waals surface area (Å²) in [6.45, 7) is 4.75. The summed E-state index contributed by atoms with van der Waals surface area (Å²) in [6.07, 6.45) is 10.8. The zero-order chi connectivity index (χ0) is 28.3. The predicted octanol–water partition coefficient (Wildman–Crippen LogP) is 2.30. The number of hydrogen-bond donors (Lipinski definition) is 7. The average Bonchev–Trinajstić information content (AvgIpc) is 2.92. The van der Waals surface area contributed by atoms with Crippen LogP contribution in [-0.4, -0.2) is 79.6 Å². The number of unbranched alkanes of at least 4 members (excludes halogenated alkanes) is 1. The van der Waals surface area contributed by atoms with Gasteiger partial charge in [-0.15, -0.1) is 0 Å². The lowest BCUT2D eigenvalue weighted by molar-refractivity contribution is -0.121. The minimum atomic E-state index is -0.823. The number of carbonyl (C=O) groups is 2. The summed E-state index contributed by atoms with van der Waals surface area (Å²) in [5.41, 5.74) is 1.60. The molecule has 39 heavy (non-hydrogen) atoms. The highest BCUT2D eigenvalue weighted by molar-refractivity contribution is 5.91. The maximum Gasteiger partial charge on any atom is 0.243 e. The Balaban J connectivity index is 1.35. The molecule has 10 heteroatoms. The van der Waals surface area contributed by atoms with Crippen LogP contribution in [0.25, 0.3) is 6.08 Å². The van der Waals surface area contributed by atoms with E-state index in [1.54, 1.807) is 30.4 Å². The smallest absolute Gasteiger partial charge is 0.243 e. The molecule has 0 aromatic heterocycles. The van der Waals surface area contributed by atoms with Crippen molar-refractivity contribution in [2.24, 2.45) is 0 Å². The van der Waals surface area contributed by atoms with Crippen molar-refractivity contribution in [3.63, 3.8) is 0 Å². The molecule has 0 bridgehead atoms. The van der Waals surface area contributed by atoms with Gasteiger partial charge in [0.15, 0.2) is 11.5 Å². The first-order valence-electron chi connectivity index (χ1n) is 13.7. The highest BCUT2D eigenvalue weighted by Crippen LogP contribution is 2.26. The standard InChI is InChI=1S/C29H44N4O6/c1-39-27-11-7-23(21-26(27)36)9-13-29(38)33-19-5-17-31-15-3-2-14-30-16-4-18-32-28(37)12-8-22-6-10-24(34)25(35)20-22/h6-7,9,11,13,20-21,24,30-31,34-36H,2-5,8,10,12,14-19H2,1H3,(H,32,37)(H,33,38)/b13-9+/t24-/m1/s1. The molecule has 1 aliphatic rings. The monoisotopic (exact) mass is 544 g/mol. The van der Waals surface area contributed by atoms with E-state index in [2.05, 4.69) is 21.3 Å². The number of aliphatic hydroxyl groups excluding tert-OH is 2. The van der Waals surface area contributed by atoms with Crippen LogP contribution in [0.15, 0.2) is 47.8 Å². The first kappa shape index (κ1) is 31.9. The lowest BCUT2D eigenvalue weighted by Crippen LogP contribution is -2.28. The minimum absolute atomic E-state index is 0.00766. The van der Waals surface area contributed by atoms with Crippen molar-refractivity contribution in [1.29, 1.82) is 0 Å². The van der Waals surface area contributed by atoms with Crippen molar-refractivity contribution in [3.05, 3.63) is 53.3 Å². The van der Waals surface area contributed by atoms with Crippen molar-refractivity contribution in [3.8, 4) is 11.5 Å². The van der Waals surface area contributed by atoms with E-state index in [1.807, 2.05) is 6.08 Å². The number of amides is 2. The Morgan fingerprint density at radius 1 is 0.974 bits per heavy atom. The lowest BCUT2D eigenvalue weighted by Gasteiger charge is -2.14. The third kappa shape index (κ3) is 13.9. The van der Waals surface area contributed by atoms with Gasteiger partial charge in [-0.3, -0.25) is 9.59 Å². The molecular formula is C29H44N4O6. The highest BCUT2D eigenvalue weighted by atomic mass is 16.5. The van der Waals surface area contributed by atoms with Crippen LogP contribution in [-0.2, 0) is 9.59 Å². The molecule has 216 valence electrons. The van der Waals surface area contributed by atoms with Gasteiger partial charge in [-0.05, 0) is 100 Å². The van der Waals surface area contributed by atoms with Crippen LogP contribution in [0.5, 0.6) is 11.5 Å². The minimum Gasteiger partial charge on any atom is -0.510 e. The molecule has 10 nitrogen and oxygen atoms in total. The molecule has 1 aromatic rings. The van der Waals surface area contributed by atoms with E-state index in [9.17, 15) is 24.9 Å². The summed E-state index contributed by atoms with van der Waals surface area (Å²) in [4.78, 5) is 23.9. The molecule has 0 saturated carbocycles. The summed E-state index contributed by atoms with van der Waals surface area (Å²) < 4.78 is 5.00. The molecule has 0 saturated heterocycles. The number of phenolic OH excluding ortho intramolecular Hbond substituents is 1. The molecule has 1 atom stereocenters. The quantitative estimate of drug-likeness (QED) is 0.104. The molecule has 2 amide bonds. The number of phenols is 1. The summed E-state index contributed by atoms with van der Waals surface area (Å²) in [5.74, 6) is 0.214. The molecule has 1 aliphatic carbocycles. The van der Waals surface area contributed by atoms with Gasteiger partial charge in [-0.2, -0.15) is 0 Å². The first-order valence-corrected chi connectivity index (χ1v) is 13.7. The van der Waals surface area contributed by atoms with Crippen LogP contribution in [0.2, 0.25) is 0 Å². The number of aliphatic hydroxyl groups is 2. The fourth-order valence-corrected chi connectivity index (χ4v) is 3.91. The Bertz CT molecular complexity index is 992. The van der Waals surface area contributed by atoms with E-state index in [0.717, 1.165) is 57.4 Å². The van der Waals surface area contributed by atoms with Gasteiger partial charge in [0.1, 0.15) is 11.9 Å². The second kappa shape index (κ2) is 18.8. The summed E-state index contributed by atoms with van der Waals surface area (Å²) >= 11 is 0. The normalized spacial score (nSPS) is 15.1. The Morgan fingerprint density at radius 2 is 1.64 bits per heavy atom. The fourth-order valence-electron chi connectivity index (χ4n) is 3.91. The number of hydrogen-bond acceptors (Lipinski definition) is 8. The fraction of sp³-hybridized carbons (Fsp3) is 0.517. The van der Waals surface area contributed by atoms with E-state index in [1.165, 1.54) is 13.2 Å². The number of benzene rings is 1. The summed E-state index contributed by atoms with van der Waals surface area (Å²) in [6, 6.07) is 4.96. The zero-order valence-corrected chi connectivity index (χ0v) is 22.9. The van der Waals surface area contributed by atoms with E-state index in [-0.39, 0.29) is 23.3 Å². The van der Waals surface area contributed by atoms with Crippen molar-refractivity contribution in [1.82, 2.24) is 21.3 Å². The molecule has 0 radical (unpaired) electrons. The van der Waals surface area contributed by atoms with Crippen molar-refractivity contribution < 1.29 is 29.6 Å². The van der Waals surface area contributed by atoms with Crippen molar-refractivity contribution >= 4 is 17.9 Å². The zero-order valence-electron chi connectivity index (χ0n) is 22.9. The number of aromatic hydroxyl groups is 1. The Hall–Kier alpha value is -3.34. The van der Waals surface area contributed by atoms with Gasteiger partial charge in [0.2, 0.25) is 11.8 Å². The van der Waals surface area contributed by atoms with Crippen LogP contribution in [0, 0.1) is 0 Å². The van der Waals surface area contributed by atoms with Crippen LogP contribution in [0.4, 0.5) is 0 Å². The second-order valence-corrected chi connectivity index (χ2v) is 9.42. The average molecular weight is 545 g/mol. The van der Waals surface area contributed by atoms with Crippen LogP contribution < -0.4 is 26.0 Å². The van der Waals surface area contributed by atoms with Gasteiger partial charge in [0, 0.05) is 25.6 Å². The van der Waals surface area contributed by atoms with E-state index in [4.69, 9.17) is 4.74 Å². The molecule has 0 unspecified atom stereocenters. The first-order chi connectivity index (χ1) is 18.9. The largest absolute Gasteiger partial charge is 0.510 e. The highest BCUT2D eigenvalue weighted by Gasteiger charge is 2.14. The maximum atomic E-state index is 11.9. The molecule has 7 N–H and O–H groups in total. The maximum absolute atomic E-state index is 11.9. The molecular weight excluding hydrogens is 500 g/mol. The van der Waals surface area contributed by atoms with Crippen LogP contribution in [0.3, 0.4) is 0 Å². The Morgan fingerprint density at radius 3 is 2.28 bits per heavy atom. The van der Waals surface area contributed by atoms with Gasteiger partial charge in [0.25, 0.3) is 0 Å². The molecule has 0 fully saturated rings. The molecule has 2 rings (SSSR count). The number of ether oxygens (including phenoxy) is 1. The number of methoxy groups -OCH3 is 1. The molecule has 0 heterocycles. The molecule has 1 aromatic carbocycles. The van der Waals surface area contributed by atoms with Crippen LogP contribution >= 0.6 is 0 Å².